The molecule has 3 heteroatoms. The fourth-order valence-corrected chi connectivity index (χ4v) is 2.49. The highest BCUT2D eigenvalue weighted by molar-refractivity contribution is 5.51. The lowest BCUT2D eigenvalue weighted by molar-refractivity contribution is 0.244. The van der Waals surface area contributed by atoms with E-state index in [0.29, 0.717) is 11.5 Å². The highest BCUT2D eigenvalue weighted by Gasteiger charge is 2.19. The molecule has 0 bridgehead atoms. The van der Waals surface area contributed by atoms with Crippen molar-refractivity contribution in [2.45, 2.75) is 19.3 Å². The Balaban J connectivity index is 2.08. The van der Waals surface area contributed by atoms with Crippen LogP contribution in [0, 0.1) is 17.2 Å². The lowest BCUT2D eigenvalue weighted by Gasteiger charge is -2.34. The monoisotopic (exact) mass is 230 g/mol. The van der Waals surface area contributed by atoms with Gasteiger partial charge in [-0.2, -0.15) is 5.26 Å². The largest absolute Gasteiger partial charge is 0.396 e. The summed E-state index contributed by atoms with van der Waals surface area (Å²) in [6.45, 7) is 2.32. The van der Waals surface area contributed by atoms with Crippen molar-refractivity contribution >= 4 is 5.69 Å². The van der Waals surface area contributed by atoms with Crippen molar-refractivity contribution in [3.63, 3.8) is 0 Å². The third-order valence-corrected chi connectivity index (χ3v) is 3.40. The summed E-state index contributed by atoms with van der Waals surface area (Å²) in [6, 6.07) is 9.95. The van der Waals surface area contributed by atoms with Gasteiger partial charge in [0.2, 0.25) is 0 Å². The Bertz CT molecular complexity index is 409. The van der Waals surface area contributed by atoms with E-state index in [-0.39, 0.29) is 6.61 Å². The molecule has 0 aliphatic carbocycles. The minimum absolute atomic E-state index is 0.275. The van der Waals surface area contributed by atoms with Crippen LogP contribution in [-0.4, -0.2) is 24.8 Å². The molecule has 0 saturated carbocycles. The maximum absolute atomic E-state index is 9.00. The average Bonchev–Trinajstić information content (AvgIpc) is 2.40. The highest BCUT2D eigenvalue weighted by atomic mass is 16.3. The molecule has 0 spiro atoms. The van der Waals surface area contributed by atoms with E-state index in [1.807, 2.05) is 18.2 Å². The number of aliphatic hydroxyl groups is 1. The van der Waals surface area contributed by atoms with Crippen molar-refractivity contribution in [1.29, 1.82) is 5.26 Å². The third kappa shape index (κ3) is 2.98. The zero-order chi connectivity index (χ0) is 12.1. The SMILES string of the molecule is N#Cc1cccc(N2CCCC(CCO)C2)c1. The summed E-state index contributed by atoms with van der Waals surface area (Å²) in [5.74, 6) is 0.583. The van der Waals surface area contributed by atoms with E-state index in [0.717, 1.165) is 25.2 Å². The normalized spacial score (nSPS) is 20.0. The van der Waals surface area contributed by atoms with E-state index in [1.54, 1.807) is 0 Å². The zero-order valence-electron chi connectivity index (χ0n) is 9.97. The van der Waals surface area contributed by atoms with Gasteiger partial charge in [-0.15, -0.1) is 0 Å². The number of rotatable bonds is 3. The molecule has 1 unspecified atom stereocenters. The number of piperidine rings is 1. The van der Waals surface area contributed by atoms with Crippen LogP contribution in [0.4, 0.5) is 5.69 Å². The lowest BCUT2D eigenvalue weighted by Crippen LogP contribution is -2.35. The average molecular weight is 230 g/mol. The van der Waals surface area contributed by atoms with E-state index in [2.05, 4.69) is 17.0 Å². The van der Waals surface area contributed by atoms with Gasteiger partial charge < -0.3 is 10.0 Å². The topological polar surface area (TPSA) is 47.3 Å². The van der Waals surface area contributed by atoms with Crippen LogP contribution in [0.15, 0.2) is 24.3 Å². The van der Waals surface area contributed by atoms with Gasteiger partial charge in [-0.25, -0.2) is 0 Å². The van der Waals surface area contributed by atoms with E-state index in [1.165, 1.54) is 12.8 Å². The van der Waals surface area contributed by atoms with Gasteiger partial charge in [0.05, 0.1) is 11.6 Å². The minimum Gasteiger partial charge on any atom is -0.396 e. The standard InChI is InChI=1S/C14H18N2O/c15-10-13-3-1-5-14(9-13)16-7-2-4-12(11-16)6-8-17/h1,3,5,9,12,17H,2,4,6-8,11H2. The summed E-state index contributed by atoms with van der Waals surface area (Å²) in [5, 5.41) is 17.9. The molecule has 17 heavy (non-hydrogen) atoms. The smallest absolute Gasteiger partial charge is 0.0992 e. The second-order valence-electron chi connectivity index (χ2n) is 4.63. The van der Waals surface area contributed by atoms with Crippen LogP contribution in [0.3, 0.4) is 0 Å². The van der Waals surface area contributed by atoms with Crippen LogP contribution in [0.1, 0.15) is 24.8 Å². The number of aliphatic hydroxyl groups excluding tert-OH is 1. The van der Waals surface area contributed by atoms with Crippen molar-refractivity contribution in [3.05, 3.63) is 29.8 Å². The van der Waals surface area contributed by atoms with Crippen molar-refractivity contribution < 1.29 is 5.11 Å². The first-order valence-electron chi connectivity index (χ1n) is 6.19. The molecule has 90 valence electrons. The first kappa shape index (κ1) is 11.9. The summed E-state index contributed by atoms with van der Waals surface area (Å²) in [5.41, 5.74) is 1.85. The van der Waals surface area contributed by atoms with Crippen molar-refractivity contribution in [3.8, 4) is 6.07 Å². The molecule has 0 aromatic heterocycles. The molecule has 1 saturated heterocycles. The number of anilines is 1. The molecule has 1 N–H and O–H groups in total. The molecule has 0 radical (unpaired) electrons. The summed E-state index contributed by atoms with van der Waals surface area (Å²) in [7, 11) is 0. The Labute approximate surface area is 102 Å². The molecular weight excluding hydrogens is 212 g/mol. The summed E-state index contributed by atoms with van der Waals surface area (Å²) < 4.78 is 0. The lowest BCUT2D eigenvalue weighted by atomic mass is 9.94. The molecule has 2 rings (SSSR count). The first-order chi connectivity index (χ1) is 8.33. The molecule has 1 aliphatic rings. The third-order valence-electron chi connectivity index (χ3n) is 3.40. The number of hydrogen-bond acceptors (Lipinski definition) is 3. The predicted molar refractivity (Wildman–Crippen MR) is 67.8 cm³/mol. The maximum atomic E-state index is 9.00. The van der Waals surface area contributed by atoms with Gasteiger partial charge in [0.15, 0.2) is 0 Å². The maximum Gasteiger partial charge on any atom is 0.0992 e. The Morgan fingerprint density at radius 3 is 3.12 bits per heavy atom. The van der Waals surface area contributed by atoms with E-state index < -0.39 is 0 Å². The molecule has 3 nitrogen and oxygen atoms in total. The first-order valence-corrected chi connectivity index (χ1v) is 6.19. The van der Waals surface area contributed by atoms with Gasteiger partial charge in [-0.3, -0.25) is 0 Å². The molecule has 0 amide bonds. The van der Waals surface area contributed by atoms with Gasteiger partial charge in [0.1, 0.15) is 0 Å². The fraction of sp³-hybridized carbons (Fsp3) is 0.500. The van der Waals surface area contributed by atoms with Crippen molar-refractivity contribution in [2.24, 2.45) is 5.92 Å². The highest BCUT2D eigenvalue weighted by Crippen LogP contribution is 2.25. The van der Waals surface area contributed by atoms with Crippen LogP contribution >= 0.6 is 0 Å². The van der Waals surface area contributed by atoms with Gasteiger partial charge in [-0.1, -0.05) is 6.07 Å². The number of benzene rings is 1. The Morgan fingerprint density at radius 1 is 1.47 bits per heavy atom. The van der Waals surface area contributed by atoms with Crippen LogP contribution in [0.5, 0.6) is 0 Å². The van der Waals surface area contributed by atoms with E-state index in [9.17, 15) is 0 Å². The van der Waals surface area contributed by atoms with Crippen LogP contribution < -0.4 is 4.90 Å². The molecule has 1 aliphatic heterocycles. The minimum atomic E-state index is 0.275. The van der Waals surface area contributed by atoms with E-state index >= 15 is 0 Å². The zero-order valence-corrected chi connectivity index (χ0v) is 9.97. The fourth-order valence-electron chi connectivity index (χ4n) is 2.49. The second-order valence-corrected chi connectivity index (χ2v) is 4.63. The molecule has 1 atom stereocenters. The summed E-state index contributed by atoms with van der Waals surface area (Å²) in [4.78, 5) is 2.32. The summed E-state index contributed by atoms with van der Waals surface area (Å²) >= 11 is 0. The van der Waals surface area contributed by atoms with Gasteiger partial charge in [0, 0.05) is 25.4 Å². The van der Waals surface area contributed by atoms with Gasteiger partial charge >= 0.3 is 0 Å². The molecule has 1 fully saturated rings. The predicted octanol–water partition coefficient (Wildman–Crippen LogP) is 2.16. The molecule has 1 heterocycles. The van der Waals surface area contributed by atoms with Gasteiger partial charge in [0.25, 0.3) is 0 Å². The van der Waals surface area contributed by atoms with Crippen molar-refractivity contribution in [1.82, 2.24) is 0 Å². The number of nitrogens with zero attached hydrogens (tertiary/aromatic N) is 2. The van der Waals surface area contributed by atoms with Crippen molar-refractivity contribution in [2.75, 3.05) is 24.6 Å². The Morgan fingerprint density at radius 2 is 2.35 bits per heavy atom. The Kier molecular flexibility index (Phi) is 4.00. The number of nitriles is 1. The Hall–Kier alpha value is -1.53. The molecule has 1 aromatic rings. The number of hydrogen-bond donors (Lipinski definition) is 1. The van der Waals surface area contributed by atoms with Crippen LogP contribution in [-0.2, 0) is 0 Å². The van der Waals surface area contributed by atoms with Gasteiger partial charge in [-0.05, 0) is 43.4 Å². The second kappa shape index (κ2) is 5.70. The van der Waals surface area contributed by atoms with E-state index in [4.69, 9.17) is 10.4 Å². The molecule has 1 aromatic carbocycles. The molecular formula is C14H18N2O. The quantitative estimate of drug-likeness (QED) is 0.865. The van der Waals surface area contributed by atoms with Crippen LogP contribution in [0.2, 0.25) is 0 Å². The van der Waals surface area contributed by atoms with Crippen LogP contribution in [0.25, 0.3) is 0 Å². The summed E-state index contributed by atoms with van der Waals surface area (Å²) in [6.07, 6.45) is 3.25.